The summed E-state index contributed by atoms with van der Waals surface area (Å²) in [6.45, 7) is 3.40. The maximum absolute atomic E-state index is 12.9. The Morgan fingerprint density at radius 2 is 1.96 bits per heavy atom. The van der Waals surface area contributed by atoms with E-state index in [1.807, 2.05) is 0 Å². The Morgan fingerprint density at radius 1 is 1.24 bits per heavy atom. The summed E-state index contributed by atoms with van der Waals surface area (Å²) in [5.74, 6) is 0.778. The molecule has 2 N–H and O–H groups in total. The normalized spacial score (nSPS) is 24.8. The fourth-order valence-corrected chi connectivity index (χ4v) is 4.27. The molecule has 142 valence electrons. The van der Waals surface area contributed by atoms with Crippen molar-refractivity contribution in [1.29, 1.82) is 0 Å². The van der Waals surface area contributed by atoms with E-state index < -0.39 is 0 Å². The molecular formula is C19H31Cl2N3O. The number of amides is 1. The van der Waals surface area contributed by atoms with Crippen LogP contribution in [0.1, 0.15) is 36.8 Å². The summed E-state index contributed by atoms with van der Waals surface area (Å²) >= 11 is 0. The highest BCUT2D eigenvalue weighted by molar-refractivity contribution is 5.85. The van der Waals surface area contributed by atoms with E-state index in [1.54, 1.807) is 0 Å². The molecule has 0 bridgehead atoms. The summed E-state index contributed by atoms with van der Waals surface area (Å²) in [5.41, 5.74) is 2.36. The van der Waals surface area contributed by atoms with Gasteiger partial charge in [0.15, 0.2) is 0 Å². The van der Waals surface area contributed by atoms with Gasteiger partial charge in [-0.3, -0.25) is 4.79 Å². The van der Waals surface area contributed by atoms with Crippen LogP contribution in [-0.4, -0.2) is 38.0 Å². The van der Waals surface area contributed by atoms with Crippen LogP contribution in [0.5, 0.6) is 0 Å². The van der Waals surface area contributed by atoms with E-state index in [4.69, 9.17) is 0 Å². The molecule has 6 heteroatoms. The monoisotopic (exact) mass is 387 g/mol. The molecule has 1 aliphatic carbocycles. The zero-order valence-electron chi connectivity index (χ0n) is 15.2. The maximum Gasteiger partial charge on any atom is 0.228 e. The Morgan fingerprint density at radius 3 is 2.68 bits per heavy atom. The smallest absolute Gasteiger partial charge is 0.228 e. The summed E-state index contributed by atoms with van der Waals surface area (Å²) in [6.07, 6.45) is 4.68. The van der Waals surface area contributed by atoms with Gasteiger partial charge in [-0.15, -0.1) is 24.8 Å². The van der Waals surface area contributed by atoms with Crippen LogP contribution in [-0.2, 0) is 17.9 Å². The third-order valence-corrected chi connectivity index (χ3v) is 5.53. The molecule has 0 unspecified atom stereocenters. The van der Waals surface area contributed by atoms with Crippen LogP contribution < -0.4 is 10.6 Å². The van der Waals surface area contributed by atoms with Crippen molar-refractivity contribution in [3.63, 3.8) is 0 Å². The third kappa shape index (κ3) is 4.88. The Hall–Kier alpha value is -0.810. The van der Waals surface area contributed by atoms with Crippen molar-refractivity contribution in [2.75, 3.05) is 27.2 Å². The van der Waals surface area contributed by atoms with Gasteiger partial charge >= 0.3 is 0 Å². The number of nitrogens with one attached hydrogen (secondary N) is 2. The molecule has 1 saturated carbocycles. The Kier molecular flexibility index (Phi) is 8.69. The van der Waals surface area contributed by atoms with Gasteiger partial charge in [0, 0.05) is 19.6 Å². The zero-order valence-corrected chi connectivity index (χ0v) is 16.8. The number of hydrogen-bond acceptors (Lipinski definition) is 3. The van der Waals surface area contributed by atoms with E-state index >= 15 is 0 Å². The average molecular weight is 388 g/mol. The minimum Gasteiger partial charge on any atom is -0.351 e. The summed E-state index contributed by atoms with van der Waals surface area (Å²) < 4.78 is 0. The van der Waals surface area contributed by atoms with Crippen molar-refractivity contribution >= 4 is 30.7 Å². The van der Waals surface area contributed by atoms with Gasteiger partial charge in [-0.2, -0.15) is 0 Å². The van der Waals surface area contributed by atoms with Crippen LogP contribution in [0.15, 0.2) is 24.3 Å². The Balaban J connectivity index is 0.00000156. The van der Waals surface area contributed by atoms with Crippen LogP contribution in [0.3, 0.4) is 0 Å². The predicted molar refractivity (Wildman–Crippen MR) is 107 cm³/mol. The molecule has 1 aromatic rings. The average Bonchev–Trinajstić information content (AvgIpc) is 2.98. The number of benzene rings is 1. The number of hydrogen-bond donors (Lipinski definition) is 2. The highest BCUT2D eigenvalue weighted by Crippen LogP contribution is 2.43. The molecule has 0 radical (unpaired) electrons. The number of carbonyl (C=O) groups excluding carboxylic acids is 1. The molecule has 1 aliphatic heterocycles. The zero-order chi connectivity index (χ0) is 16.3. The fraction of sp³-hybridized carbons (Fsp3) is 0.632. The number of rotatable bonds is 5. The minimum atomic E-state index is -0.158. The van der Waals surface area contributed by atoms with Crippen LogP contribution in [0.2, 0.25) is 0 Å². The quantitative estimate of drug-likeness (QED) is 0.815. The highest BCUT2D eigenvalue weighted by atomic mass is 35.5. The molecule has 2 atom stereocenters. The first-order valence-electron chi connectivity index (χ1n) is 8.82. The van der Waals surface area contributed by atoms with E-state index in [2.05, 4.69) is 53.9 Å². The number of nitrogens with zero attached hydrogens (tertiary/aromatic N) is 1. The third-order valence-electron chi connectivity index (χ3n) is 5.53. The summed E-state index contributed by atoms with van der Waals surface area (Å²) in [6, 6.07) is 8.41. The van der Waals surface area contributed by atoms with Crippen LogP contribution in [0.4, 0.5) is 0 Å². The molecule has 0 spiro atoms. The molecule has 4 nitrogen and oxygen atoms in total. The lowest BCUT2D eigenvalue weighted by Gasteiger charge is -2.37. The van der Waals surface area contributed by atoms with Gasteiger partial charge in [-0.05, 0) is 50.5 Å². The number of halogens is 2. The minimum absolute atomic E-state index is 0. The van der Waals surface area contributed by atoms with E-state index in [9.17, 15) is 4.79 Å². The second-order valence-electron chi connectivity index (χ2n) is 7.42. The van der Waals surface area contributed by atoms with Crippen LogP contribution in [0.25, 0.3) is 0 Å². The topological polar surface area (TPSA) is 44.4 Å². The summed E-state index contributed by atoms with van der Waals surface area (Å²) in [5, 5.41) is 6.70. The fourth-order valence-electron chi connectivity index (χ4n) is 4.27. The lowest BCUT2D eigenvalue weighted by Crippen LogP contribution is -2.47. The lowest BCUT2D eigenvalue weighted by molar-refractivity contribution is -0.134. The maximum atomic E-state index is 12.9. The molecular weight excluding hydrogens is 357 g/mol. The SMILES string of the molecule is CN(C)Cc1ccccc1CNC(=O)[C@@]12CCCC[C@H]1CNC2.Cl.Cl. The second-order valence-corrected chi connectivity index (χ2v) is 7.42. The largest absolute Gasteiger partial charge is 0.351 e. The predicted octanol–water partition coefficient (Wildman–Crippen LogP) is 2.99. The molecule has 3 rings (SSSR count). The summed E-state index contributed by atoms with van der Waals surface area (Å²) in [7, 11) is 4.15. The second kappa shape index (κ2) is 9.77. The first-order valence-corrected chi connectivity index (χ1v) is 8.82. The van der Waals surface area contributed by atoms with Gasteiger partial charge in [0.1, 0.15) is 0 Å². The van der Waals surface area contributed by atoms with Gasteiger partial charge < -0.3 is 15.5 Å². The van der Waals surface area contributed by atoms with Gasteiger partial charge in [-0.25, -0.2) is 0 Å². The molecule has 1 heterocycles. The molecule has 1 amide bonds. The summed E-state index contributed by atoms with van der Waals surface area (Å²) in [4.78, 5) is 15.1. The van der Waals surface area contributed by atoms with Crippen molar-refractivity contribution < 1.29 is 4.79 Å². The van der Waals surface area contributed by atoms with Gasteiger partial charge in [0.2, 0.25) is 5.91 Å². The Labute approximate surface area is 163 Å². The first kappa shape index (κ1) is 22.2. The first-order chi connectivity index (χ1) is 11.1. The van der Waals surface area contributed by atoms with Crippen LogP contribution in [0, 0.1) is 11.3 Å². The standard InChI is InChI=1S/C19H29N3O.2ClH/c1-22(2)13-16-8-4-3-7-15(16)11-21-18(23)19-10-6-5-9-17(19)12-20-14-19;;/h3-4,7-8,17,20H,5-6,9-14H2,1-2H3,(H,21,23);2*1H/t17-,19+;;/m0../s1. The molecule has 1 saturated heterocycles. The van der Waals surface area contributed by atoms with Gasteiger partial charge in [-0.1, -0.05) is 37.1 Å². The van der Waals surface area contributed by atoms with Crippen molar-refractivity contribution in [3.05, 3.63) is 35.4 Å². The van der Waals surface area contributed by atoms with Crippen LogP contribution >= 0.6 is 24.8 Å². The number of carbonyl (C=O) groups is 1. The van der Waals surface area contributed by atoms with E-state index in [0.717, 1.165) is 26.1 Å². The van der Waals surface area contributed by atoms with Crippen molar-refractivity contribution in [1.82, 2.24) is 15.5 Å². The molecule has 1 aromatic carbocycles. The van der Waals surface area contributed by atoms with E-state index in [1.165, 1.54) is 30.4 Å². The van der Waals surface area contributed by atoms with Gasteiger partial charge in [0.05, 0.1) is 5.41 Å². The van der Waals surface area contributed by atoms with Crippen molar-refractivity contribution in [2.45, 2.75) is 38.8 Å². The molecule has 0 aromatic heterocycles. The van der Waals surface area contributed by atoms with Gasteiger partial charge in [0.25, 0.3) is 0 Å². The molecule has 2 fully saturated rings. The Bertz CT molecular complexity index is 567. The number of fused-ring (bicyclic) bond motifs is 1. The molecule has 2 aliphatic rings. The molecule has 25 heavy (non-hydrogen) atoms. The van der Waals surface area contributed by atoms with E-state index in [0.29, 0.717) is 12.5 Å². The highest BCUT2D eigenvalue weighted by Gasteiger charge is 2.49. The van der Waals surface area contributed by atoms with Crippen molar-refractivity contribution in [3.8, 4) is 0 Å². The lowest BCUT2D eigenvalue weighted by atomic mass is 9.67. The van der Waals surface area contributed by atoms with Crippen molar-refractivity contribution in [2.24, 2.45) is 11.3 Å². The van der Waals surface area contributed by atoms with E-state index in [-0.39, 0.29) is 36.1 Å².